The summed E-state index contributed by atoms with van der Waals surface area (Å²) < 4.78 is 0. The number of nitrogens with zero attached hydrogens (tertiary/aromatic N) is 1. The largest absolute Gasteiger partial charge is 0.317 e. The van der Waals surface area contributed by atoms with Crippen LogP contribution in [0.25, 0.3) is 5.57 Å². The van der Waals surface area contributed by atoms with E-state index in [1.807, 2.05) is 12.1 Å². The maximum atomic E-state index is 2.20. The van der Waals surface area contributed by atoms with Crippen LogP contribution in [0.4, 0.5) is 11.4 Å². The molecular weight excluding hydrogens is 350 g/mol. The summed E-state index contributed by atoms with van der Waals surface area (Å²) in [5.41, 5.74) is 5.86. The summed E-state index contributed by atoms with van der Waals surface area (Å²) in [6.45, 7) is 0. The van der Waals surface area contributed by atoms with E-state index in [1.54, 1.807) is 0 Å². The molecule has 4 rings (SSSR count). The molecule has 1 nitrogen and oxygen atoms in total. The first-order valence-electron chi connectivity index (χ1n) is 9.80. The van der Waals surface area contributed by atoms with E-state index in [4.69, 9.17) is 0 Å². The Bertz CT molecular complexity index is 985. The van der Waals surface area contributed by atoms with Gasteiger partial charge in [0.1, 0.15) is 0 Å². The molecule has 0 fully saturated rings. The van der Waals surface area contributed by atoms with E-state index in [0.717, 1.165) is 11.4 Å². The SMILES string of the molecule is C(/C=C/N(c1ccccc1)c1ccccc1)=C(c1ccccc1)c1ccccc1. The Morgan fingerprint density at radius 1 is 0.483 bits per heavy atom. The zero-order chi connectivity index (χ0) is 19.7. The summed E-state index contributed by atoms with van der Waals surface area (Å²) in [6, 6.07) is 41.8. The molecule has 0 radical (unpaired) electrons. The lowest BCUT2D eigenvalue weighted by atomic mass is 9.97. The summed E-state index contributed by atoms with van der Waals surface area (Å²) in [4.78, 5) is 2.20. The van der Waals surface area contributed by atoms with Crippen LogP contribution in [-0.4, -0.2) is 0 Å². The van der Waals surface area contributed by atoms with Crippen LogP contribution < -0.4 is 4.90 Å². The molecule has 0 bridgehead atoms. The molecule has 1 heteroatoms. The van der Waals surface area contributed by atoms with E-state index in [9.17, 15) is 0 Å². The topological polar surface area (TPSA) is 3.24 Å². The zero-order valence-electron chi connectivity index (χ0n) is 16.2. The second kappa shape index (κ2) is 9.38. The zero-order valence-corrected chi connectivity index (χ0v) is 16.2. The van der Waals surface area contributed by atoms with Crippen molar-refractivity contribution in [2.45, 2.75) is 0 Å². The summed E-state index contributed by atoms with van der Waals surface area (Å²) in [5, 5.41) is 0. The van der Waals surface area contributed by atoms with E-state index in [1.165, 1.54) is 16.7 Å². The van der Waals surface area contributed by atoms with Gasteiger partial charge in [-0.15, -0.1) is 0 Å². The highest BCUT2D eigenvalue weighted by Crippen LogP contribution is 2.26. The molecule has 4 aromatic rings. The van der Waals surface area contributed by atoms with E-state index in [2.05, 4.69) is 132 Å². The van der Waals surface area contributed by atoms with Crippen molar-refractivity contribution in [2.75, 3.05) is 4.90 Å². The van der Waals surface area contributed by atoms with Gasteiger partial charge in [0, 0.05) is 17.6 Å². The summed E-state index contributed by atoms with van der Waals surface area (Å²) in [5.74, 6) is 0. The molecule has 0 unspecified atom stereocenters. The minimum Gasteiger partial charge on any atom is -0.317 e. The van der Waals surface area contributed by atoms with Crippen LogP contribution >= 0.6 is 0 Å². The lowest BCUT2D eigenvalue weighted by Crippen LogP contribution is -2.07. The number of anilines is 2. The first-order valence-corrected chi connectivity index (χ1v) is 9.80. The van der Waals surface area contributed by atoms with Crippen molar-refractivity contribution >= 4 is 16.9 Å². The molecule has 0 aliphatic carbocycles. The maximum absolute atomic E-state index is 2.20. The quantitative estimate of drug-likeness (QED) is 0.317. The lowest BCUT2D eigenvalue weighted by molar-refractivity contribution is 1.28. The molecule has 0 aliphatic heterocycles. The predicted molar refractivity (Wildman–Crippen MR) is 124 cm³/mol. The van der Waals surface area contributed by atoms with Gasteiger partial charge < -0.3 is 4.90 Å². The summed E-state index contributed by atoms with van der Waals surface area (Å²) in [7, 11) is 0. The van der Waals surface area contributed by atoms with Crippen molar-refractivity contribution in [1.29, 1.82) is 0 Å². The average molecular weight is 373 g/mol. The smallest absolute Gasteiger partial charge is 0.0455 e. The van der Waals surface area contributed by atoms with Gasteiger partial charge >= 0.3 is 0 Å². The van der Waals surface area contributed by atoms with E-state index < -0.39 is 0 Å². The molecule has 0 saturated heterocycles. The van der Waals surface area contributed by atoms with Crippen molar-refractivity contribution in [3.8, 4) is 0 Å². The van der Waals surface area contributed by atoms with Gasteiger partial charge in [0.05, 0.1) is 0 Å². The van der Waals surface area contributed by atoms with Crippen molar-refractivity contribution in [3.63, 3.8) is 0 Å². The van der Waals surface area contributed by atoms with Crippen molar-refractivity contribution in [2.24, 2.45) is 0 Å². The third-order valence-electron chi connectivity index (χ3n) is 4.74. The second-order valence-corrected chi connectivity index (χ2v) is 6.70. The van der Waals surface area contributed by atoms with Gasteiger partial charge in [-0.2, -0.15) is 0 Å². The Balaban J connectivity index is 1.72. The van der Waals surface area contributed by atoms with Gasteiger partial charge in [0.2, 0.25) is 0 Å². The number of rotatable bonds is 6. The molecule has 0 amide bonds. The lowest BCUT2D eigenvalue weighted by Gasteiger charge is -2.20. The predicted octanol–water partition coefficient (Wildman–Crippen LogP) is 7.47. The van der Waals surface area contributed by atoms with Crippen LogP contribution in [0.2, 0.25) is 0 Å². The number of hydrogen-bond acceptors (Lipinski definition) is 1. The van der Waals surface area contributed by atoms with Gasteiger partial charge in [0.25, 0.3) is 0 Å². The Labute approximate surface area is 172 Å². The fourth-order valence-electron chi connectivity index (χ4n) is 3.32. The number of hydrogen-bond donors (Lipinski definition) is 0. The van der Waals surface area contributed by atoms with Gasteiger partial charge in [-0.05, 0) is 47.0 Å². The van der Waals surface area contributed by atoms with Crippen molar-refractivity contribution in [3.05, 3.63) is 151 Å². The summed E-state index contributed by atoms with van der Waals surface area (Å²) in [6.07, 6.45) is 6.43. The van der Waals surface area contributed by atoms with Crippen LogP contribution in [0, 0.1) is 0 Å². The Hall–Kier alpha value is -3.84. The first-order chi connectivity index (χ1) is 14.4. The molecule has 29 heavy (non-hydrogen) atoms. The third-order valence-corrected chi connectivity index (χ3v) is 4.74. The highest BCUT2D eigenvalue weighted by atomic mass is 15.1. The van der Waals surface area contributed by atoms with Crippen LogP contribution in [0.15, 0.2) is 140 Å². The Morgan fingerprint density at radius 2 is 0.862 bits per heavy atom. The molecule has 0 spiro atoms. The molecular formula is C28H23N. The molecule has 0 saturated carbocycles. The fraction of sp³-hybridized carbons (Fsp3) is 0. The van der Waals surface area contributed by atoms with Crippen molar-refractivity contribution in [1.82, 2.24) is 0 Å². The van der Waals surface area contributed by atoms with Gasteiger partial charge in [-0.25, -0.2) is 0 Å². The number of benzene rings is 4. The molecule has 4 aromatic carbocycles. The highest BCUT2D eigenvalue weighted by molar-refractivity contribution is 5.81. The third kappa shape index (κ3) is 4.72. The van der Waals surface area contributed by atoms with Crippen LogP contribution in [-0.2, 0) is 0 Å². The Kier molecular flexibility index (Phi) is 5.99. The number of allylic oxidation sites excluding steroid dienone is 2. The van der Waals surface area contributed by atoms with Crippen LogP contribution in [0.1, 0.15) is 11.1 Å². The number of para-hydroxylation sites is 2. The first kappa shape index (κ1) is 18.5. The maximum Gasteiger partial charge on any atom is 0.0455 e. The molecule has 0 aliphatic rings. The summed E-state index contributed by atoms with van der Waals surface area (Å²) >= 11 is 0. The van der Waals surface area contributed by atoms with Gasteiger partial charge in [-0.3, -0.25) is 0 Å². The van der Waals surface area contributed by atoms with Crippen LogP contribution in [0.5, 0.6) is 0 Å². The highest BCUT2D eigenvalue weighted by Gasteiger charge is 2.06. The molecule has 0 atom stereocenters. The standard InChI is InChI=1S/C28H23N/c1-5-14-24(15-6-1)28(25-16-7-2-8-17-25)22-13-23-29(26-18-9-3-10-19-26)27-20-11-4-12-21-27/h1-23H/b23-13+. The van der Waals surface area contributed by atoms with Gasteiger partial charge in [0.15, 0.2) is 0 Å². The van der Waals surface area contributed by atoms with E-state index in [0.29, 0.717) is 0 Å². The Morgan fingerprint density at radius 3 is 1.28 bits per heavy atom. The van der Waals surface area contributed by atoms with Crippen LogP contribution in [0.3, 0.4) is 0 Å². The average Bonchev–Trinajstić information content (AvgIpc) is 2.81. The molecule has 0 N–H and O–H groups in total. The molecule has 0 heterocycles. The normalized spacial score (nSPS) is 10.6. The van der Waals surface area contributed by atoms with Gasteiger partial charge in [-0.1, -0.05) is 103 Å². The fourth-order valence-corrected chi connectivity index (χ4v) is 3.32. The van der Waals surface area contributed by atoms with Crippen molar-refractivity contribution < 1.29 is 0 Å². The minimum atomic E-state index is 1.13. The van der Waals surface area contributed by atoms with E-state index in [-0.39, 0.29) is 0 Å². The van der Waals surface area contributed by atoms with E-state index >= 15 is 0 Å². The second-order valence-electron chi connectivity index (χ2n) is 6.70. The monoisotopic (exact) mass is 373 g/mol. The molecule has 0 aromatic heterocycles. The molecule has 140 valence electrons. The minimum absolute atomic E-state index is 1.13.